The van der Waals surface area contributed by atoms with Crippen molar-refractivity contribution in [3.8, 4) is 0 Å². The summed E-state index contributed by atoms with van der Waals surface area (Å²) in [6.45, 7) is 6.40. The zero-order valence-corrected chi connectivity index (χ0v) is 12.8. The molecule has 0 saturated carbocycles. The van der Waals surface area contributed by atoms with Crippen molar-refractivity contribution in [3.05, 3.63) is 16.1 Å². The second-order valence-corrected chi connectivity index (χ2v) is 5.60. The average Bonchev–Trinajstić information content (AvgIpc) is 2.86. The quantitative estimate of drug-likeness (QED) is 0.750. The van der Waals surface area contributed by atoms with Gasteiger partial charge in [0.2, 0.25) is 0 Å². The molecule has 0 saturated heterocycles. The second-order valence-electron chi connectivity index (χ2n) is 4.66. The van der Waals surface area contributed by atoms with Gasteiger partial charge in [-0.3, -0.25) is 4.79 Å². The molecule has 19 heavy (non-hydrogen) atoms. The van der Waals surface area contributed by atoms with Gasteiger partial charge in [-0.1, -0.05) is 6.92 Å². The van der Waals surface area contributed by atoms with Crippen molar-refractivity contribution in [3.63, 3.8) is 0 Å². The van der Waals surface area contributed by atoms with Crippen LogP contribution in [0.3, 0.4) is 0 Å². The molecule has 1 rings (SSSR count). The number of carbonyl (C=O) groups excluding carboxylic acids is 1. The third-order valence-electron chi connectivity index (χ3n) is 3.24. The molecule has 5 nitrogen and oxygen atoms in total. The van der Waals surface area contributed by atoms with Crippen LogP contribution >= 0.6 is 11.3 Å². The predicted molar refractivity (Wildman–Crippen MR) is 79.6 cm³/mol. The van der Waals surface area contributed by atoms with Gasteiger partial charge >= 0.3 is 0 Å². The molecular formula is C13H24N4OS. The SMILES string of the molecule is CCC(C)N(C)CCNC(=O)c1csc(CCN)n1. The minimum absolute atomic E-state index is 0.0999. The van der Waals surface area contributed by atoms with Crippen LogP contribution in [0.15, 0.2) is 5.38 Å². The Morgan fingerprint density at radius 1 is 1.63 bits per heavy atom. The number of hydrogen-bond acceptors (Lipinski definition) is 5. The first-order chi connectivity index (χ1) is 9.08. The number of amides is 1. The summed E-state index contributed by atoms with van der Waals surface area (Å²) in [5.41, 5.74) is 5.96. The van der Waals surface area contributed by atoms with Crippen LogP contribution < -0.4 is 11.1 Å². The van der Waals surface area contributed by atoms with Gasteiger partial charge in [-0.15, -0.1) is 11.3 Å². The van der Waals surface area contributed by atoms with Gasteiger partial charge in [0.05, 0.1) is 5.01 Å². The Morgan fingerprint density at radius 2 is 2.37 bits per heavy atom. The first-order valence-corrected chi connectivity index (χ1v) is 7.59. The number of rotatable bonds is 8. The summed E-state index contributed by atoms with van der Waals surface area (Å²) < 4.78 is 0. The molecular weight excluding hydrogens is 260 g/mol. The molecule has 0 radical (unpaired) electrons. The number of nitrogens with one attached hydrogen (secondary N) is 1. The van der Waals surface area contributed by atoms with E-state index in [4.69, 9.17) is 5.73 Å². The first-order valence-electron chi connectivity index (χ1n) is 6.71. The van der Waals surface area contributed by atoms with Crippen LogP contribution in [0.5, 0.6) is 0 Å². The lowest BCUT2D eigenvalue weighted by Gasteiger charge is -2.23. The molecule has 1 aromatic heterocycles. The average molecular weight is 284 g/mol. The largest absolute Gasteiger partial charge is 0.349 e. The minimum Gasteiger partial charge on any atom is -0.349 e. The maximum Gasteiger partial charge on any atom is 0.270 e. The van der Waals surface area contributed by atoms with E-state index in [1.807, 2.05) is 0 Å². The van der Waals surface area contributed by atoms with Crippen molar-refractivity contribution in [2.24, 2.45) is 5.73 Å². The highest BCUT2D eigenvalue weighted by Gasteiger charge is 2.11. The van der Waals surface area contributed by atoms with Crippen molar-refractivity contribution < 1.29 is 4.79 Å². The lowest BCUT2D eigenvalue weighted by Crippen LogP contribution is -2.37. The van der Waals surface area contributed by atoms with E-state index in [1.165, 1.54) is 11.3 Å². The highest BCUT2D eigenvalue weighted by molar-refractivity contribution is 7.09. The number of aromatic nitrogens is 1. The molecule has 0 aromatic carbocycles. The summed E-state index contributed by atoms with van der Waals surface area (Å²) in [4.78, 5) is 18.4. The molecule has 1 atom stereocenters. The molecule has 3 N–H and O–H groups in total. The van der Waals surface area contributed by atoms with E-state index in [9.17, 15) is 4.79 Å². The third kappa shape index (κ3) is 5.26. The van der Waals surface area contributed by atoms with Gasteiger partial charge in [-0.25, -0.2) is 4.98 Å². The van der Waals surface area contributed by atoms with Crippen molar-refractivity contribution in [2.45, 2.75) is 32.7 Å². The van der Waals surface area contributed by atoms with E-state index >= 15 is 0 Å². The highest BCUT2D eigenvalue weighted by Crippen LogP contribution is 2.09. The number of carbonyl (C=O) groups is 1. The fraction of sp³-hybridized carbons (Fsp3) is 0.692. The van der Waals surface area contributed by atoms with Crippen LogP contribution in [-0.2, 0) is 6.42 Å². The Kier molecular flexibility index (Phi) is 6.97. The Hall–Kier alpha value is -0.980. The van der Waals surface area contributed by atoms with E-state index in [0.29, 0.717) is 24.8 Å². The predicted octanol–water partition coefficient (Wildman–Crippen LogP) is 1.10. The van der Waals surface area contributed by atoms with Crippen LogP contribution in [0.2, 0.25) is 0 Å². The maximum atomic E-state index is 11.9. The Labute approximate surface area is 119 Å². The molecule has 0 bridgehead atoms. The van der Waals surface area contributed by atoms with Crippen LogP contribution in [0, 0.1) is 0 Å². The summed E-state index contributed by atoms with van der Waals surface area (Å²) in [7, 11) is 2.07. The summed E-state index contributed by atoms with van der Waals surface area (Å²) in [6, 6.07) is 0.535. The number of likely N-dealkylation sites (N-methyl/N-ethyl adjacent to an activating group) is 1. The minimum atomic E-state index is -0.0999. The van der Waals surface area contributed by atoms with Crippen molar-refractivity contribution in [1.29, 1.82) is 0 Å². The van der Waals surface area contributed by atoms with Gasteiger partial charge in [-0.05, 0) is 26.9 Å². The molecule has 0 fully saturated rings. The van der Waals surface area contributed by atoms with Gasteiger partial charge in [0, 0.05) is 30.9 Å². The molecule has 0 aliphatic rings. The smallest absolute Gasteiger partial charge is 0.270 e. The topological polar surface area (TPSA) is 71.2 Å². The van der Waals surface area contributed by atoms with Crippen molar-refractivity contribution in [2.75, 3.05) is 26.7 Å². The van der Waals surface area contributed by atoms with E-state index in [2.05, 4.69) is 36.1 Å². The van der Waals surface area contributed by atoms with E-state index < -0.39 is 0 Å². The molecule has 0 spiro atoms. The van der Waals surface area contributed by atoms with Crippen molar-refractivity contribution in [1.82, 2.24) is 15.2 Å². The molecule has 1 heterocycles. The maximum absolute atomic E-state index is 11.9. The Morgan fingerprint density at radius 3 is 3.00 bits per heavy atom. The Bertz CT molecular complexity index is 394. The van der Waals surface area contributed by atoms with Crippen LogP contribution in [-0.4, -0.2) is 48.5 Å². The van der Waals surface area contributed by atoms with E-state index in [1.54, 1.807) is 5.38 Å². The Balaban J connectivity index is 2.34. The van der Waals surface area contributed by atoms with Gasteiger partial charge in [-0.2, -0.15) is 0 Å². The fourth-order valence-corrected chi connectivity index (χ4v) is 2.42. The van der Waals surface area contributed by atoms with Gasteiger partial charge in [0.25, 0.3) is 5.91 Å². The molecule has 0 aliphatic carbocycles. The standard InChI is InChI=1S/C13H24N4OS/c1-4-10(2)17(3)8-7-15-13(18)11-9-19-12(16-11)5-6-14/h9-10H,4-8,14H2,1-3H3,(H,15,18). The summed E-state index contributed by atoms with van der Waals surface area (Å²) in [6.07, 6.45) is 1.84. The van der Waals surface area contributed by atoms with Crippen LogP contribution in [0.4, 0.5) is 0 Å². The normalized spacial score (nSPS) is 12.7. The summed E-state index contributed by atoms with van der Waals surface area (Å²) in [5.74, 6) is -0.0999. The van der Waals surface area contributed by atoms with Gasteiger partial charge < -0.3 is 16.0 Å². The number of nitrogens with zero attached hydrogens (tertiary/aromatic N) is 2. The summed E-state index contributed by atoms with van der Waals surface area (Å²) >= 11 is 1.49. The molecule has 1 aromatic rings. The number of nitrogens with two attached hydrogens (primary N) is 1. The highest BCUT2D eigenvalue weighted by atomic mass is 32.1. The molecule has 6 heteroatoms. The molecule has 1 amide bonds. The number of thiazole rings is 1. The van der Waals surface area contributed by atoms with Gasteiger partial charge in [0.1, 0.15) is 5.69 Å². The van der Waals surface area contributed by atoms with Crippen LogP contribution in [0.25, 0.3) is 0 Å². The first kappa shape index (κ1) is 16.1. The van der Waals surface area contributed by atoms with Crippen molar-refractivity contribution >= 4 is 17.2 Å². The van der Waals surface area contributed by atoms with Crippen LogP contribution in [0.1, 0.15) is 35.8 Å². The molecule has 1 unspecified atom stereocenters. The number of hydrogen-bond donors (Lipinski definition) is 2. The zero-order chi connectivity index (χ0) is 14.3. The fourth-order valence-electron chi connectivity index (χ4n) is 1.62. The molecule has 108 valence electrons. The zero-order valence-electron chi connectivity index (χ0n) is 12.0. The third-order valence-corrected chi connectivity index (χ3v) is 4.14. The monoisotopic (exact) mass is 284 g/mol. The van der Waals surface area contributed by atoms with E-state index in [0.717, 1.165) is 24.4 Å². The second kappa shape index (κ2) is 8.24. The lowest BCUT2D eigenvalue weighted by atomic mass is 10.2. The molecule has 0 aliphatic heterocycles. The van der Waals surface area contributed by atoms with Gasteiger partial charge in [0.15, 0.2) is 0 Å². The lowest BCUT2D eigenvalue weighted by molar-refractivity contribution is 0.0943. The van der Waals surface area contributed by atoms with E-state index in [-0.39, 0.29) is 5.91 Å². The summed E-state index contributed by atoms with van der Waals surface area (Å²) in [5, 5.41) is 5.61.